The molecule has 5 N–H and O–H groups in total. The van der Waals surface area contributed by atoms with Gasteiger partial charge in [-0.1, -0.05) is 11.6 Å². The molecule has 4 atom stereocenters. The lowest BCUT2D eigenvalue weighted by molar-refractivity contribution is -0.127. The normalized spacial score (nSPS) is 24.3. The van der Waals surface area contributed by atoms with Crippen molar-refractivity contribution in [1.82, 2.24) is 29.6 Å². The number of fused-ring (bicyclic) bond motifs is 4. The lowest BCUT2D eigenvalue weighted by Crippen LogP contribution is -2.51. The Morgan fingerprint density at radius 1 is 0.921 bits per heavy atom. The number of hydrogen-bond donors (Lipinski definition) is 5. The third-order valence-corrected chi connectivity index (χ3v) is 14.8. The second-order valence-corrected chi connectivity index (χ2v) is 18.8. The summed E-state index contributed by atoms with van der Waals surface area (Å²) in [6.45, 7) is 4.08. The van der Waals surface area contributed by atoms with Crippen molar-refractivity contribution in [1.29, 1.82) is 0 Å². The number of amides is 1. The summed E-state index contributed by atoms with van der Waals surface area (Å²) in [6, 6.07) is 10.5. The predicted octanol–water partition coefficient (Wildman–Crippen LogP) is 6.03. The van der Waals surface area contributed by atoms with Crippen LogP contribution in [-0.2, 0) is 18.9 Å². The molecule has 63 heavy (non-hydrogen) atoms. The molecule has 18 heteroatoms. The van der Waals surface area contributed by atoms with Gasteiger partial charge in [0.25, 0.3) is 5.56 Å². The number of rotatable bonds is 8. The molecule has 5 aromatic rings. The first kappa shape index (κ1) is 41.7. The van der Waals surface area contributed by atoms with E-state index in [-0.39, 0.29) is 41.0 Å². The lowest BCUT2D eigenvalue weighted by atomic mass is 9.70. The second-order valence-electron chi connectivity index (χ2n) is 18.4. The summed E-state index contributed by atoms with van der Waals surface area (Å²) in [6.07, 6.45) is 6.15. The fourth-order valence-electron chi connectivity index (χ4n) is 10.6. The molecule has 10 rings (SSSR count). The van der Waals surface area contributed by atoms with E-state index in [0.717, 1.165) is 61.1 Å². The molecule has 0 spiro atoms. The molecule has 4 fully saturated rings. The van der Waals surface area contributed by atoms with Gasteiger partial charge in [0.15, 0.2) is 12.4 Å². The number of nitrogens with zero attached hydrogens (tertiary/aromatic N) is 7. The number of aliphatic hydroxyl groups is 2. The Morgan fingerprint density at radius 2 is 1.63 bits per heavy atom. The summed E-state index contributed by atoms with van der Waals surface area (Å²) in [4.78, 5) is 38.9. The maximum Gasteiger partial charge on any atom is 0.301 e. The van der Waals surface area contributed by atoms with Crippen LogP contribution in [-0.4, -0.2) is 97.0 Å². The zero-order valence-electron chi connectivity index (χ0n) is 35.6. The Hall–Kier alpha value is -5.26. The van der Waals surface area contributed by atoms with Crippen LogP contribution in [0.3, 0.4) is 0 Å². The van der Waals surface area contributed by atoms with E-state index in [0.29, 0.717) is 72.2 Å². The molecule has 1 amide bonds. The van der Waals surface area contributed by atoms with Gasteiger partial charge in [0.1, 0.15) is 11.3 Å². The van der Waals surface area contributed by atoms with Gasteiger partial charge in [0, 0.05) is 74.8 Å². The molecule has 15 nitrogen and oxygen atoms in total. The van der Waals surface area contributed by atoms with Crippen LogP contribution in [0.5, 0.6) is 5.75 Å². The SMILES string of the molecule is Cn1nc(C2CCC(=O)NC2O)c2ccc(N3CCC(C(C)(O)C4CCN(c5ncc(Cl)c(Nc6ccc7c(c6)c6c(c(=O)n7C)OCC(F)(F)C(C7CC7)N6)n5)CC4)CC3)cc21. The Labute approximate surface area is 367 Å². The van der Waals surface area contributed by atoms with Gasteiger partial charge >= 0.3 is 5.92 Å². The average Bonchev–Trinajstić information content (AvgIpc) is 4.08. The Kier molecular flexibility index (Phi) is 10.4. The highest BCUT2D eigenvalue weighted by Gasteiger charge is 2.51. The molecule has 334 valence electrons. The first-order valence-electron chi connectivity index (χ1n) is 22.1. The van der Waals surface area contributed by atoms with Crippen molar-refractivity contribution >= 4 is 68.1 Å². The number of hydrogen-bond acceptors (Lipinski definition) is 12. The predicted molar refractivity (Wildman–Crippen MR) is 237 cm³/mol. The number of pyridine rings is 1. The molecular weight excluding hydrogens is 834 g/mol. The third kappa shape index (κ3) is 7.58. The largest absolute Gasteiger partial charge is 0.480 e. The Balaban J connectivity index is 0.788. The van der Waals surface area contributed by atoms with Crippen molar-refractivity contribution < 1.29 is 28.5 Å². The summed E-state index contributed by atoms with van der Waals surface area (Å²) in [5, 5.41) is 38.3. The van der Waals surface area contributed by atoms with Gasteiger partial charge in [-0.05, 0) is 106 Å². The highest BCUT2D eigenvalue weighted by molar-refractivity contribution is 6.33. The summed E-state index contributed by atoms with van der Waals surface area (Å²) in [5.41, 5.74) is 2.95. The monoisotopic (exact) mass is 886 g/mol. The number of aryl methyl sites for hydroxylation is 2. The number of alkyl halides is 2. The molecule has 7 heterocycles. The van der Waals surface area contributed by atoms with E-state index in [1.807, 2.05) is 18.7 Å². The number of halogens is 3. The van der Waals surface area contributed by atoms with Crippen LogP contribution >= 0.6 is 11.6 Å². The number of aliphatic hydroxyl groups excluding tert-OH is 1. The van der Waals surface area contributed by atoms with Crippen LogP contribution in [0, 0.1) is 17.8 Å². The van der Waals surface area contributed by atoms with E-state index in [4.69, 9.17) is 26.4 Å². The highest BCUT2D eigenvalue weighted by atomic mass is 35.5. The molecule has 1 aliphatic carbocycles. The first-order chi connectivity index (χ1) is 30.2. The van der Waals surface area contributed by atoms with Crippen molar-refractivity contribution in [3.8, 4) is 5.75 Å². The standard InChI is InChI=1S/C45H53ClF2N10O5/c1-44(62,25-12-16-57(17-13-25)28-7-8-29-34(21-28)56(3)54-36(29)30-9-11-35(59)51-41(30)60)26-14-18-58(19-15-26)43-49-22-32(46)40(53-43)50-27-6-10-33-31(20-27)37-38(42(61)55(33)2)63-23-45(47,48)39(52-37)24-4-5-24/h6-8,10,20-22,24-26,30,39,41,52,60,62H,4-5,9,11-19,23H2,1-3H3,(H,51,59)(H,49,50,53). The van der Waals surface area contributed by atoms with Crippen LogP contribution in [0.1, 0.15) is 69.9 Å². The molecule has 2 aromatic carbocycles. The maximum atomic E-state index is 15.2. The molecule has 0 radical (unpaired) electrons. The van der Waals surface area contributed by atoms with Crippen LogP contribution in [0.4, 0.5) is 37.6 Å². The van der Waals surface area contributed by atoms with Gasteiger partial charge in [-0.3, -0.25) is 14.3 Å². The summed E-state index contributed by atoms with van der Waals surface area (Å²) in [5.74, 6) is -2.74. The Morgan fingerprint density at radius 3 is 2.33 bits per heavy atom. The van der Waals surface area contributed by atoms with Gasteiger partial charge in [-0.25, -0.2) is 13.8 Å². The number of aromatic nitrogens is 5. The number of nitrogens with one attached hydrogen (secondary N) is 3. The zero-order valence-corrected chi connectivity index (χ0v) is 36.3. The van der Waals surface area contributed by atoms with Crippen LogP contribution in [0.2, 0.25) is 5.02 Å². The summed E-state index contributed by atoms with van der Waals surface area (Å²) in [7, 11) is 3.50. The molecule has 3 saturated heterocycles. The van der Waals surface area contributed by atoms with Gasteiger partial charge in [-0.2, -0.15) is 10.1 Å². The smallest absolute Gasteiger partial charge is 0.301 e. The molecule has 3 aromatic heterocycles. The summed E-state index contributed by atoms with van der Waals surface area (Å²) >= 11 is 6.64. The van der Waals surface area contributed by atoms with Crippen LogP contribution < -0.4 is 36.0 Å². The maximum absolute atomic E-state index is 15.2. The van der Waals surface area contributed by atoms with E-state index in [2.05, 4.69) is 48.9 Å². The van der Waals surface area contributed by atoms with Gasteiger partial charge in [0.2, 0.25) is 17.6 Å². The third-order valence-electron chi connectivity index (χ3n) is 14.5. The highest BCUT2D eigenvalue weighted by Crippen LogP contribution is 2.46. The topological polar surface area (TPSA) is 175 Å². The molecule has 4 aliphatic heterocycles. The van der Waals surface area contributed by atoms with Crippen LogP contribution in [0.15, 0.2) is 47.4 Å². The van der Waals surface area contributed by atoms with Gasteiger partial charge in [-0.15, -0.1) is 0 Å². The van der Waals surface area contributed by atoms with Crippen molar-refractivity contribution in [3.63, 3.8) is 0 Å². The number of ether oxygens (including phenoxy) is 1. The minimum atomic E-state index is -3.14. The van der Waals surface area contributed by atoms with E-state index >= 15 is 8.78 Å². The molecule has 5 aliphatic rings. The number of benzene rings is 2. The van der Waals surface area contributed by atoms with Gasteiger partial charge in [0.05, 0.1) is 40.3 Å². The second kappa shape index (κ2) is 15.8. The zero-order chi connectivity index (χ0) is 43.9. The van der Waals surface area contributed by atoms with Crippen molar-refractivity contribution in [2.75, 3.05) is 53.2 Å². The first-order valence-corrected chi connectivity index (χ1v) is 22.4. The van der Waals surface area contributed by atoms with Crippen LogP contribution in [0.25, 0.3) is 21.8 Å². The molecule has 1 saturated carbocycles. The number of piperidine rings is 3. The number of carbonyl (C=O) groups is 1. The minimum Gasteiger partial charge on any atom is -0.480 e. The fourth-order valence-corrected chi connectivity index (χ4v) is 10.7. The van der Waals surface area contributed by atoms with Crippen molar-refractivity contribution in [2.45, 2.75) is 88.0 Å². The average molecular weight is 887 g/mol. The quantitative estimate of drug-likeness (QED) is 0.123. The minimum absolute atomic E-state index is 0.0973. The van der Waals surface area contributed by atoms with Crippen molar-refractivity contribution in [2.24, 2.45) is 31.8 Å². The molecule has 4 unspecified atom stereocenters. The lowest BCUT2D eigenvalue weighted by Gasteiger charge is -2.46. The van der Waals surface area contributed by atoms with E-state index in [1.54, 1.807) is 31.4 Å². The van der Waals surface area contributed by atoms with E-state index in [1.165, 1.54) is 4.57 Å². The van der Waals surface area contributed by atoms with Gasteiger partial charge < -0.3 is 45.3 Å². The fraction of sp³-hybridized carbons (Fsp3) is 0.533. The van der Waals surface area contributed by atoms with E-state index in [9.17, 15) is 19.8 Å². The number of carbonyl (C=O) groups excluding carboxylic acids is 1. The van der Waals surface area contributed by atoms with E-state index < -0.39 is 36.0 Å². The molecule has 0 bridgehead atoms. The molecular formula is C45H53ClF2N10O5. The van der Waals surface area contributed by atoms with Crippen molar-refractivity contribution in [3.05, 3.63) is 63.7 Å². The Bertz CT molecular complexity index is 2650. The summed E-state index contributed by atoms with van der Waals surface area (Å²) < 4.78 is 39.1. The number of anilines is 5.